The Balaban J connectivity index is 1.44. The van der Waals surface area contributed by atoms with Gasteiger partial charge in [0.2, 0.25) is 5.91 Å². The molecule has 0 aromatic heterocycles. The summed E-state index contributed by atoms with van der Waals surface area (Å²) < 4.78 is 0. The standard InChI is InChI=1S/C20H21N3O3/c24-17-8-6-16(7-9-17)23-19(25)14-18(20(23)26)22-12-10-21(11-13-22)15-4-2-1-3-5-15/h1-9,18,24H,10-14H2. The van der Waals surface area contributed by atoms with Crippen molar-refractivity contribution in [3.63, 3.8) is 0 Å². The molecule has 2 fully saturated rings. The molecule has 26 heavy (non-hydrogen) atoms. The second kappa shape index (κ2) is 6.80. The van der Waals surface area contributed by atoms with Gasteiger partial charge in [-0.25, -0.2) is 4.90 Å². The summed E-state index contributed by atoms with van der Waals surface area (Å²) in [4.78, 5) is 30.9. The predicted molar refractivity (Wildman–Crippen MR) is 99.2 cm³/mol. The van der Waals surface area contributed by atoms with Crippen LogP contribution in [0.3, 0.4) is 0 Å². The molecule has 4 rings (SSSR count). The molecule has 2 aliphatic rings. The maximum Gasteiger partial charge on any atom is 0.251 e. The molecular weight excluding hydrogens is 330 g/mol. The van der Waals surface area contributed by atoms with E-state index >= 15 is 0 Å². The molecule has 2 aromatic carbocycles. The van der Waals surface area contributed by atoms with Gasteiger partial charge in [0.05, 0.1) is 18.2 Å². The lowest BCUT2D eigenvalue weighted by molar-refractivity contribution is -0.123. The number of benzene rings is 2. The van der Waals surface area contributed by atoms with Crippen LogP contribution in [0.4, 0.5) is 11.4 Å². The number of para-hydroxylation sites is 1. The van der Waals surface area contributed by atoms with Crippen molar-refractivity contribution in [1.82, 2.24) is 4.90 Å². The van der Waals surface area contributed by atoms with Crippen molar-refractivity contribution in [1.29, 1.82) is 0 Å². The number of aromatic hydroxyl groups is 1. The molecule has 0 bridgehead atoms. The Labute approximate surface area is 152 Å². The first-order valence-electron chi connectivity index (χ1n) is 8.83. The van der Waals surface area contributed by atoms with E-state index in [0.29, 0.717) is 5.69 Å². The summed E-state index contributed by atoms with van der Waals surface area (Å²) in [6, 6.07) is 16.0. The van der Waals surface area contributed by atoms with Gasteiger partial charge in [0, 0.05) is 31.9 Å². The van der Waals surface area contributed by atoms with E-state index in [2.05, 4.69) is 21.9 Å². The first-order valence-corrected chi connectivity index (χ1v) is 8.83. The molecule has 0 saturated carbocycles. The van der Waals surface area contributed by atoms with Gasteiger partial charge in [0.15, 0.2) is 0 Å². The zero-order valence-corrected chi connectivity index (χ0v) is 14.4. The summed E-state index contributed by atoms with van der Waals surface area (Å²) in [5.41, 5.74) is 1.70. The molecule has 0 radical (unpaired) electrons. The second-order valence-corrected chi connectivity index (χ2v) is 6.66. The van der Waals surface area contributed by atoms with Crippen molar-refractivity contribution in [2.75, 3.05) is 36.0 Å². The number of rotatable bonds is 3. The fraction of sp³-hybridized carbons (Fsp3) is 0.300. The number of imide groups is 1. The molecule has 2 aliphatic heterocycles. The maximum atomic E-state index is 12.8. The highest BCUT2D eigenvalue weighted by Gasteiger charge is 2.43. The molecular formula is C20H21N3O3. The molecule has 2 aromatic rings. The van der Waals surface area contributed by atoms with E-state index in [0.717, 1.165) is 26.2 Å². The van der Waals surface area contributed by atoms with Crippen molar-refractivity contribution in [2.24, 2.45) is 0 Å². The van der Waals surface area contributed by atoms with Crippen LogP contribution in [-0.4, -0.2) is 54.0 Å². The number of amides is 2. The fourth-order valence-corrected chi connectivity index (χ4v) is 3.70. The Morgan fingerprint density at radius 2 is 1.46 bits per heavy atom. The molecule has 0 aliphatic carbocycles. The van der Waals surface area contributed by atoms with Crippen LogP contribution in [0.2, 0.25) is 0 Å². The molecule has 2 amide bonds. The van der Waals surface area contributed by atoms with Crippen LogP contribution in [0.5, 0.6) is 5.75 Å². The Kier molecular flexibility index (Phi) is 4.34. The van der Waals surface area contributed by atoms with Crippen molar-refractivity contribution >= 4 is 23.2 Å². The maximum absolute atomic E-state index is 12.8. The van der Waals surface area contributed by atoms with E-state index in [1.807, 2.05) is 18.2 Å². The number of piperazine rings is 1. The minimum atomic E-state index is -0.394. The molecule has 6 nitrogen and oxygen atoms in total. The normalized spacial score (nSPS) is 21.5. The first kappa shape index (κ1) is 16.6. The Hall–Kier alpha value is -2.86. The van der Waals surface area contributed by atoms with Gasteiger partial charge in [-0.3, -0.25) is 14.5 Å². The molecule has 1 atom stereocenters. The predicted octanol–water partition coefficient (Wildman–Crippen LogP) is 1.85. The van der Waals surface area contributed by atoms with E-state index < -0.39 is 6.04 Å². The largest absolute Gasteiger partial charge is 0.508 e. The van der Waals surface area contributed by atoms with Crippen molar-refractivity contribution in [2.45, 2.75) is 12.5 Å². The smallest absolute Gasteiger partial charge is 0.251 e. The number of phenolic OH excluding ortho intramolecular Hbond substituents is 1. The number of carbonyl (C=O) groups excluding carboxylic acids is 2. The van der Waals surface area contributed by atoms with Gasteiger partial charge in [0.25, 0.3) is 5.91 Å². The third-order valence-corrected chi connectivity index (χ3v) is 5.11. The lowest BCUT2D eigenvalue weighted by Crippen LogP contribution is -2.52. The van der Waals surface area contributed by atoms with Gasteiger partial charge in [-0.1, -0.05) is 18.2 Å². The van der Waals surface area contributed by atoms with Crippen LogP contribution in [0.1, 0.15) is 6.42 Å². The van der Waals surface area contributed by atoms with Crippen molar-refractivity contribution in [3.05, 3.63) is 54.6 Å². The third kappa shape index (κ3) is 3.04. The number of anilines is 2. The van der Waals surface area contributed by atoms with Crippen LogP contribution in [0, 0.1) is 0 Å². The van der Waals surface area contributed by atoms with E-state index in [-0.39, 0.29) is 24.0 Å². The quantitative estimate of drug-likeness (QED) is 0.855. The van der Waals surface area contributed by atoms with Crippen LogP contribution >= 0.6 is 0 Å². The van der Waals surface area contributed by atoms with Gasteiger partial charge in [-0.05, 0) is 36.4 Å². The number of nitrogens with zero attached hydrogens (tertiary/aromatic N) is 3. The lowest BCUT2D eigenvalue weighted by atomic mass is 10.1. The molecule has 6 heteroatoms. The molecule has 134 valence electrons. The monoisotopic (exact) mass is 351 g/mol. The fourth-order valence-electron chi connectivity index (χ4n) is 3.70. The van der Waals surface area contributed by atoms with E-state index in [9.17, 15) is 14.7 Å². The summed E-state index contributed by atoms with van der Waals surface area (Å²) in [5, 5.41) is 9.40. The lowest BCUT2D eigenvalue weighted by Gasteiger charge is -2.38. The van der Waals surface area contributed by atoms with Crippen LogP contribution in [-0.2, 0) is 9.59 Å². The van der Waals surface area contributed by atoms with Crippen LogP contribution in [0.25, 0.3) is 0 Å². The minimum Gasteiger partial charge on any atom is -0.508 e. The van der Waals surface area contributed by atoms with Gasteiger partial charge in [-0.2, -0.15) is 0 Å². The van der Waals surface area contributed by atoms with Gasteiger partial charge < -0.3 is 10.0 Å². The zero-order chi connectivity index (χ0) is 18.1. The van der Waals surface area contributed by atoms with E-state index in [1.54, 1.807) is 12.1 Å². The first-order chi connectivity index (χ1) is 12.6. The van der Waals surface area contributed by atoms with E-state index in [1.165, 1.54) is 22.7 Å². The third-order valence-electron chi connectivity index (χ3n) is 5.11. The number of carbonyl (C=O) groups is 2. The summed E-state index contributed by atoms with van der Waals surface area (Å²) in [6.45, 7) is 3.17. The molecule has 2 saturated heterocycles. The zero-order valence-electron chi connectivity index (χ0n) is 14.4. The number of hydrogen-bond donors (Lipinski definition) is 1. The highest BCUT2D eigenvalue weighted by Crippen LogP contribution is 2.28. The SMILES string of the molecule is O=C1CC(N2CCN(c3ccccc3)CC2)C(=O)N1c1ccc(O)cc1. The second-order valence-electron chi connectivity index (χ2n) is 6.66. The van der Waals surface area contributed by atoms with Gasteiger partial charge in [-0.15, -0.1) is 0 Å². The number of phenols is 1. The summed E-state index contributed by atoms with van der Waals surface area (Å²) >= 11 is 0. The highest BCUT2D eigenvalue weighted by molar-refractivity contribution is 6.22. The van der Waals surface area contributed by atoms with E-state index in [4.69, 9.17) is 0 Å². The van der Waals surface area contributed by atoms with Crippen LogP contribution < -0.4 is 9.80 Å². The van der Waals surface area contributed by atoms with Gasteiger partial charge in [0.1, 0.15) is 5.75 Å². The van der Waals surface area contributed by atoms with Crippen molar-refractivity contribution < 1.29 is 14.7 Å². The summed E-state index contributed by atoms with van der Waals surface area (Å²) in [5.74, 6) is -0.244. The number of hydrogen-bond acceptors (Lipinski definition) is 5. The van der Waals surface area contributed by atoms with Crippen LogP contribution in [0.15, 0.2) is 54.6 Å². The van der Waals surface area contributed by atoms with Gasteiger partial charge >= 0.3 is 0 Å². The molecule has 1 N–H and O–H groups in total. The topological polar surface area (TPSA) is 64.1 Å². The Morgan fingerprint density at radius 1 is 0.808 bits per heavy atom. The average Bonchev–Trinajstić information content (AvgIpc) is 2.98. The Bertz CT molecular complexity index is 799. The average molecular weight is 351 g/mol. The van der Waals surface area contributed by atoms with Crippen molar-refractivity contribution in [3.8, 4) is 5.75 Å². The minimum absolute atomic E-state index is 0.112. The molecule has 1 unspecified atom stereocenters. The molecule has 2 heterocycles. The molecule has 0 spiro atoms. The highest BCUT2D eigenvalue weighted by atomic mass is 16.3. The summed E-state index contributed by atoms with van der Waals surface area (Å²) in [6.07, 6.45) is 0.213. The Morgan fingerprint density at radius 3 is 2.12 bits per heavy atom. The summed E-state index contributed by atoms with van der Waals surface area (Å²) in [7, 11) is 0.